The molecule has 0 radical (unpaired) electrons. The fourth-order valence-corrected chi connectivity index (χ4v) is 3.45. The first kappa shape index (κ1) is 19.0. The topological polar surface area (TPSA) is 97.1 Å². The summed E-state index contributed by atoms with van der Waals surface area (Å²) >= 11 is 6.14. The van der Waals surface area contributed by atoms with E-state index in [0.717, 1.165) is 22.3 Å². The minimum Gasteiger partial charge on any atom is -0.348 e. The van der Waals surface area contributed by atoms with E-state index in [1.807, 2.05) is 54.6 Å². The van der Waals surface area contributed by atoms with E-state index in [1.165, 1.54) is 0 Å². The highest BCUT2D eigenvalue weighted by atomic mass is 35.5. The lowest BCUT2D eigenvalue weighted by Gasteiger charge is -2.10. The molecule has 0 aliphatic carbocycles. The van der Waals surface area contributed by atoms with Gasteiger partial charge in [0.2, 0.25) is 5.65 Å². The van der Waals surface area contributed by atoms with Crippen molar-refractivity contribution in [2.24, 2.45) is 0 Å². The van der Waals surface area contributed by atoms with Gasteiger partial charge in [-0.05, 0) is 58.5 Å². The van der Waals surface area contributed by atoms with Crippen LogP contribution in [0, 0.1) is 0 Å². The molecule has 9 heteroatoms. The first-order valence-corrected chi connectivity index (χ1v) is 9.92. The molecular weight excluding hydrogens is 414 g/mol. The lowest BCUT2D eigenvalue weighted by Crippen LogP contribution is -2.22. The zero-order chi connectivity index (χ0) is 21.2. The fraction of sp³-hybridized carbons (Fsp3) is 0.0455. The van der Waals surface area contributed by atoms with Gasteiger partial charge in [0.05, 0.1) is 11.0 Å². The van der Waals surface area contributed by atoms with Crippen molar-refractivity contribution < 1.29 is 4.79 Å². The van der Waals surface area contributed by atoms with E-state index in [4.69, 9.17) is 11.6 Å². The van der Waals surface area contributed by atoms with Crippen LogP contribution < -0.4 is 10.6 Å². The number of amides is 1. The zero-order valence-corrected chi connectivity index (χ0v) is 16.9. The summed E-state index contributed by atoms with van der Waals surface area (Å²) in [5.74, 6) is 0.346. The average molecular weight is 430 g/mol. The SMILES string of the molecule is O=C(NCc1ccccc1Cl)c1ccc(Nc2nc3ccccc3n3nnnc23)cc1. The van der Waals surface area contributed by atoms with E-state index in [-0.39, 0.29) is 5.91 Å². The summed E-state index contributed by atoms with van der Waals surface area (Å²) in [5.41, 5.74) is 4.26. The van der Waals surface area contributed by atoms with Crippen LogP contribution in [0.25, 0.3) is 16.7 Å². The van der Waals surface area contributed by atoms with E-state index in [1.54, 1.807) is 22.7 Å². The van der Waals surface area contributed by atoms with E-state index in [2.05, 4.69) is 31.1 Å². The molecule has 0 aliphatic rings. The Bertz CT molecular complexity index is 1400. The molecule has 0 bridgehead atoms. The van der Waals surface area contributed by atoms with Gasteiger partial charge in [0.1, 0.15) is 0 Å². The lowest BCUT2D eigenvalue weighted by molar-refractivity contribution is 0.0951. The van der Waals surface area contributed by atoms with Gasteiger partial charge >= 0.3 is 0 Å². The van der Waals surface area contributed by atoms with Gasteiger partial charge in [-0.3, -0.25) is 4.79 Å². The summed E-state index contributed by atoms with van der Waals surface area (Å²) in [5, 5.41) is 18.6. The molecule has 0 saturated heterocycles. The van der Waals surface area contributed by atoms with Crippen LogP contribution in [-0.2, 0) is 6.54 Å². The van der Waals surface area contributed by atoms with E-state index in [0.29, 0.717) is 28.6 Å². The van der Waals surface area contributed by atoms with Crippen LogP contribution >= 0.6 is 11.6 Å². The Hall–Kier alpha value is -4.04. The fourth-order valence-electron chi connectivity index (χ4n) is 3.25. The second-order valence-electron chi connectivity index (χ2n) is 6.84. The molecule has 2 aromatic heterocycles. The molecule has 152 valence electrons. The summed E-state index contributed by atoms with van der Waals surface area (Å²) in [6.45, 7) is 0.359. The maximum absolute atomic E-state index is 12.5. The number of tetrazole rings is 1. The third kappa shape index (κ3) is 3.76. The molecule has 3 aromatic carbocycles. The summed E-state index contributed by atoms with van der Waals surface area (Å²) in [4.78, 5) is 17.1. The van der Waals surface area contributed by atoms with Crippen LogP contribution in [0.5, 0.6) is 0 Å². The number of carbonyl (C=O) groups is 1. The number of benzene rings is 3. The normalized spacial score (nSPS) is 11.0. The average Bonchev–Trinajstić information content (AvgIpc) is 3.30. The van der Waals surface area contributed by atoms with E-state index in [9.17, 15) is 4.79 Å². The van der Waals surface area contributed by atoms with Crippen molar-refractivity contribution >= 4 is 45.7 Å². The number of halogens is 1. The van der Waals surface area contributed by atoms with Gasteiger partial charge in [-0.15, -0.1) is 5.10 Å². The predicted molar refractivity (Wildman–Crippen MR) is 118 cm³/mol. The Morgan fingerprint density at radius 1 is 0.968 bits per heavy atom. The highest BCUT2D eigenvalue weighted by molar-refractivity contribution is 6.31. The monoisotopic (exact) mass is 429 g/mol. The summed E-state index contributed by atoms with van der Waals surface area (Å²) in [6.07, 6.45) is 0. The summed E-state index contributed by atoms with van der Waals surface area (Å²) < 4.78 is 1.64. The molecule has 5 aromatic rings. The minimum absolute atomic E-state index is 0.181. The standard InChI is InChI=1S/C22H16ClN7O/c23-17-6-2-1-5-15(17)13-24-22(31)14-9-11-16(12-10-14)25-20-21-27-28-29-30(21)19-8-4-3-7-18(19)26-20/h1-12H,13H2,(H,24,31)(H,25,26). The summed E-state index contributed by atoms with van der Waals surface area (Å²) in [6, 6.07) is 22.1. The van der Waals surface area contributed by atoms with Crippen molar-refractivity contribution in [3.8, 4) is 0 Å². The van der Waals surface area contributed by atoms with Crippen LogP contribution in [0.15, 0.2) is 72.8 Å². The maximum atomic E-state index is 12.5. The van der Waals surface area contributed by atoms with Crippen LogP contribution in [-0.4, -0.2) is 30.9 Å². The highest BCUT2D eigenvalue weighted by Gasteiger charge is 2.12. The third-order valence-electron chi connectivity index (χ3n) is 4.83. The van der Waals surface area contributed by atoms with Crippen molar-refractivity contribution in [2.45, 2.75) is 6.54 Å². The first-order chi connectivity index (χ1) is 15.2. The number of hydrogen-bond donors (Lipinski definition) is 2. The van der Waals surface area contributed by atoms with Gasteiger partial charge in [0.25, 0.3) is 5.91 Å². The molecule has 2 heterocycles. The van der Waals surface area contributed by atoms with Crippen molar-refractivity contribution in [1.82, 2.24) is 30.3 Å². The van der Waals surface area contributed by atoms with Crippen LogP contribution in [0.3, 0.4) is 0 Å². The van der Waals surface area contributed by atoms with E-state index >= 15 is 0 Å². The molecule has 0 unspecified atom stereocenters. The lowest BCUT2D eigenvalue weighted by atomic mass is 10.1. The summed E-state index contributed by atoms with van der Waals surface area (Å²) in [7, 11) is 0. The van der Waals surface area contributed by atoms with Gasteiger partial charge in [-0.25, -0.2) is 4.98 Å². The van der Waals surface area contributed by atoms with Gasteiger partial charge in [-0.1, -0.05) is 41.9 Å². The second-order valence-corrected chi connectivity index (χ2v) is 7.25. The molecule has 2 N–H and O–H groups in total. The number of fused-ring (bicyclic) bond motifs is 3. The second kappa shape index (κ2) is 8.00. The Kier molecular flexibility index (Phi) is 4.89. The van der Waals surface area contributed by atoms with Crippen molar-refractivity contribution in [3.05, 3.63) is 88.9 Å². The number of rotatable bonds is 5. The molecule has 31 heavy (non-hydrogen) atoms. The molecule has 0 aliphatic heterocycles. The molecule has 8 nitrogen and oxygen atoms in total. The van der Waals surface area contributed by atoms with Gasteiger partial charge in [-0.2, -0.15) is 4.52 Å². The van der Waals surface area contributed by atoms with Gasteiger partial charge in [0.15, 0.2) is 5.82 Å². The Morgan fingerprint density at radius 3 is 2.58 bits per heavy atom. The first-order valence-electron chi connectivity index (χ1n) is 9.54. The molecule has 0 saturated carbocycles. The van der Waals surface area contributed by atoms with Gasteiger partial charge < -0.3 is 10.6 Å². The molecule has 0 atom stereocenters. The zero-order valence-electron chi connectivity index (χ0n) is 16.2. The molecule has 1 amide bonds. The maximum Gasteiger partial charge on any atom is 0.251 e. The number of nitrogens with zero attached hydrogens (tertiary/aromatic N) is 5. The van der Waals surface area contributed by atoms with Crippen LogP contribution in [0.4, 0.5) is 11.5 Å². The third-order valence-corrected chi connectivity index (χ3v) is 5.20. The molecule has 0 fully saturated rings. The molecule has 5 rings (SSSR count). The molecule has 0 spiro atoms. The van der Waals surface area contributed by atoms with Crippen LogP contribution in [0.1, 0.15) is 15.9 Å². The Morgan fingerprint density at radius 2 is 1.74 bits per heavy atom. The predicted octanol–water partition coefficient (Wildman–Crippen LogP) is 4.00. The Labute approximate surface area is 181 Å². The molecular formula is C22H16ClN7O. The number of hydrogen-bond acceptors (Lipinski definition) is 6. The number of carbonyl (C=O) groups excluding carboxylic acids is 1. The number of para-hydroxylation sites is 2. The number of aromatic nitrogens is 5. The Balaban J connectivity index is 1.34. The number of anilines is 2. The smallest absolute Gasteiger partial charge is 0.251 e. The van der Waals surface area contributed by atoms with Gasteiger partial charge in [0, 0.05) is 22.8 Å². The largest absolute Gasteiger partial charge is 0.348 e. The van der Waals surface area contributed by atoms with Crippen molar-refractivity contribution in [3.63, 3.8) is 0 Å². The highest BCUT2D eigenvalue weighted by Crippen LogP contribution is 2.23. The van der Waals surface area contributed by atoms with E-state index < -0.39 is 0 Å². The number of nitrogens with one attached hydrogen (secondary N) is 2. The van der Waals surface area contributed by atoms with Crippen molar-refractivity contribution in [1.29, 1.82) is 0 Å². The van der Waals surface area contributed by atoms with Crippen molar-refractivity contribution in [2.75, 3.05) is 5.32 Å². The minimum atomic E-state index is -0.181. The quantitative estimate of drug-likeness (QED) is 0.438. The van der Waals surface area contributed by atoms with Crippen LogP contribution in [0.2, 0.25) is 5.02 Å².